The number of carbonyl (C=O) groups excluding carboxylic acids is 1. The monoisotopic (exact) mass is 140 g/mol. The Labute approximate surface area is 60.6 Å². The van der Waals surface area contributed by atoms with Crippen molar-refractivity contribution in [2.45, 2.75) is 20.8 Å². The van der Waals surface area contributed by atoms with E-state index in [0.29, 0.717) is 5.57 Å². The van der Waals surface area contributed by atoms with Gasteiger partial charge in [0.2, 0.25) is 0 Å². The molecule has 3 nitrogen and oxygen atoms in total. The largest absolute Gasteiger partial charge is 0.323 e. The van der Waals surface area contributed by atoms with Gasteiger partial charge in [0.05, 0.1) is 0 Å². The lowest BCUT2D eigenvalue weighted by molar-refractivity contribution is -0.113. The molecule has 0 aliphatic carbocycles. The van der Waals surface area contributed by atoms with E-state index in [1.807, 2.05) is 0 Å². The number of ketones is 1. The first-order chi connectivity index (χ1) is 4.59. The average molecular weight is 140 g/mol. The van der Waals surface area contributed by atoms with E-state index in [-0.39, 0.29) is 5.78 Å². The number of rotatable bonds is 2. The highest BCUT2D eigenvalue weighted by atomic mass is 16.1. The molecular formula is C7H12N2O. The third kappa shape index (κ3) is 2.44. The number of hydrazone groups is 1. The summed E-state index contributed by atoms with van der Waals surface area (Å²) < 4.78 is 0. The number of Topliss-reactive ketones (excluding diaryl/α,β-unsaturated/α-hetero) is 1. The van der Waals surface area contributed by atoms with Crippen LogP contribution >= 0.6 is 0 Å². The third-order valence-electron chi connectivity index (χ3n) is 1.39. The zero-order valence-corrected chi connectivity index (χ0v) is 6.51. The van der Waals surface area contributed by atoms with Crippen molar-refractivity contribution >= 4 is 12.0 Å². The smallest absolute Gasteiger partial charge is 0.155 e. The second kappa shape index (κ2) is 3.82. The van der Waals surface area contributed by atoms with Gasteiger partial charge < -0.3 is 5.84 Å². The molecule has 0 heterocycles. The van der Waals surface area contributed by atoms with Crippen LogP contribution in [0.2, 0.25) is 0 Å². The van der Waals surface area contributed by atoms with Crippen LogP contribution in [0.3, 0.4) is 0 Å². The van der Waals surface area contributed by atoms with Gasteiger partial charge in [-0.15, -0.1) is 0 Å². The SMILES string of the molecule is CC(=O)/C(C)=C(C)\C=N/N. The van der Waals surface area contributed by atoms with Crippen molar-refractivity contribution in [2.75, 3.05) is 0 Å². The molecule has 0 atom stereocenters. The van der Waals surface area contributed by atoms with Crippen LogP contribution in [-0.2, 0) is 4.79 Å². The van der Waals surface area contributed by atoms with Gasteiger partial charge in [0.1, 0.15) is 0 Å². The molecule has 0 aliphatic rings. The molecule has 0 rings (SSSR count). The highest BCUT2D eigenvalue weighted by Crippen LogP contribution is 2.00. The van der Waals surface area contributed by atoms with Crippen LogP contribution in [0.25, 0.3) is 0 Å². The van der Waals surface area contributed by atoms with Crippen LogP contribution < -0.4 is 5.84 Å². The summed E-state index contributed by atoms with van der Waals surface area (Å²) in [6.45, 7) is 5.07. The van der Waals surface area contributed by atoms with E-state index in [2.05, 4.69) is 5.10 Å². The van der Waals surface area contributed by atoms with E-state index in [4.69, 9.17) is 5.84 Å². The molecule has 0 aromatic heterocycles. The Kier molecular flexibility index (Phi) is 3.39. The van der Waals surface area contributed by atoms with Crippen molar-refractivity contribution in [3.05, 3.63) is 11.1 Å². The number of hydrogen-bond acceptors (Lipinski definition) is 3. The molecule has 10 heavy (non-hydrogen) atoms. The molecule has 0 saturated heterocycles. The first kappa shape index (κ1) is 8.88. The Morgan fingerprint density at radius 3 is 2.20 bits per heavy atom. The van der Waals surface area contributed by atoms with E-state index >= 15 is 0 Å². The van der Waals surface area contributed by atoms with Crippen molar-refractivity contribution in [3.8, 4) is 0 Å². The molecule has 0 radical (unpaired) electrons. The Bertz CT molecular complexity index is 192. The van der Waals surface area contributed by atoms with Crippen molar-refractivity contribution in [1.29, 1.82) is 0 Å². The Morgan fingerprint density at radius 1 is 1.40 bits per heavy atom. The van der Waals surface area contributed by atoms with Crippen LogP contribution in [0, 0.1) is 0 Å². The van der Waals surface area contributed by atoms with Crippen molar-refractivity contribution in [2.24, 2.45) is 10.9 Å². The van der Waals surface area contributed by atoms with Gasteiger partial charge in [-0.25, -0.2) is 0 Å². The zero-order valence-electron chi connectivity index (χ0n) is 6.51. The van der Waals surface area contributed by atoms with E-state index in [0.717, 1.165) is 5.57 Å². The van der Waals surface area contributed by atoms with E-state index in [9.17, 15) is 4.79 Å². The molecule has 0 aliphatic heterocycles. The molecule has 0 aromatic rings. The van der Waals surface area contributed by atoms with E-state index < -0.39 is 0 Å². The maximum Gasteiger partial charge on any atom is 0.155 e. The summed E-state index contributed by atoms with van der Waals surface area (Å²) >= 11 is 0. The maximum atomic E-state index is 10.7. The zero-order chi connectivity index (χ0) is 8.15. The molecule has 3 heteroatoms. The predicted molar refractivity (Wildman–Crippen MR) is 41.7 cm³/mol. The van der Waals surface area contributed by atoms with Crippen LogP contribution in [0.1, 0.15) is 20.8 Å². The summed E-state index contributed by atoms with van der Waals surface area (Å²) in [5, 5.41) is 3.30. The standard InChI is InChI=1S/C7H12N2O/c1-5(4-9-8)6(2)7(3)10/h4H,8H2,1-3H3/b6-5-,9-4-. The van der Waals surface area contributed by atoms with Crippen LogP contribution in [0.15, 0.2) is 16.2 Å². The highest BCUT2D eigenvalue weighted by Gasteiger charge is 1.98. The molecule has 2 N–H and O–H groups in total. The predicted octanol–water partition coefficient (Wildman–Crippen LogP) is 0.856. The molecule has 0 fully saturated rings. The van der Waals surface area contributed by atoms with Gasteiger partial charge in [-0.1, -0.05) is 0 Å². The fraction of sp³-hybridized carbons (Fsp3) is 0.429. The van der Waals surface area contributed by atoms with Gasteiger partial charge in [-0.2, -0.15) is 5.10 Å². The Hall–Kier alpha value is -1.12. The van der Waals surface area contributed by atoms with Crippen LogP contribution in [0.5, 0.6) is 0 Å². The summed E-state index contributed by atoms with van der Waals surface area (Å²) in [5.74, 6) is 4.94. The third-order valence-corrected chi connectivity index (χ3v) is 1.39. The first-order valence-electron chi connectivity index (χ1n) is 3.01. The topological polar surface area (TPSA) is 55.5 Å². The summed E-state index contributed by atoms with van der Waals surface area (Å²) in [5.41, 5.74) is 1.52. The lowest BCUT2D eigenvalue weighted by Crippen LogP contribution is -1.97. The molecule has 0 amide bonds. The fourth-order valence-corrected chi connectivity index (χ4v) is 0.486. The number of nitrogens with two attached hydrogens (primary N) is 1. The molecular weight excluding hydrogens is 128 g/mol. The van der Waals surface area contributed by atoms with E-state index in [1.54, 1.807) is 13.8 Å². The van der Waals surface area contributed by atoms with Crippen molar-refractivity contribution in [3.63, 3.8) is 0 Å². The minimum absolute atomic E-state index is 0.0531. The molecule has 0 bridgehead atoms. The molecule has 56 valence electrons. The minimum atomic E-state index is 0.0531. The van der Waals surface area contributed by atoms with Crippen molar-refractivity contribution in [1.82, 2.24) is 0 Å². The number of hydrogen-bond donors (Lipinski definition) is 1. The molecule has 0 unspecified atom stereocenters. The quantitative estimate of drug-likeness (QED) is 0.267. The van der Waals surface area contributed by atoms with Gasteiger partial charge in [0, 0.05) is 6.21 Å². The summed E-state index contributed by atoms with van der Waals surface area (Å²) in [4.78, 5) is 10.7. The summed E-state index contributed by atoms with van der Waals surface area (Å²) in [6.07, 6.45) is 1.47. The van der Waals surface area contributed by atoms with Gasteiger partial charge in [-0.3, -0.25) is 4.79 Å². The molecule has 0 saturated carbocycles. The second-order valence-corrected chi connectivity index (χ2v) is 2.14. The minimum Gasteiger partial charge on any atom is -0.323 e. The summed E-state index contributed by atoms with van der Waals surface area (Å²) in [6, 6.07) is 0. The Balaban J connectivity index is 4.50. The lowest BCUT2D eigenvalue weighted by atomic mass is 10.1. The van der Waals surface area contributed by atoms with Gasteiger partial charge in [0.25, 0.3) is 0 Å². The maximum absolute atomic E-state index is 10.7. The number of carbonyl (C=O) groups is 1. The Morgan fingerprint density at radius 2 is 1.90 bits per heavy atom. The van der Waals surface area contributed by atoms with Gasteiger partial charge >= 0.3 is 0 Å². The lowest BCUT2D eigenvalue weighted by Gasteiger charge is -1.95. The second-order valence-electron chi connectivity index (χ2n) is 2.14. The van der Waals surface area contributed by atoms with Crippen LogP contribution in [0.4, 0.5) is 0 Å². The highest BCUT2D eigenvalue weighted by molar-refractivity contribution is 5.98. The molecule has 0 aromatic carbocycles. The average Bonchev–Trinajstić information content (AvgIpc) is 1.87. The van der Waals surface area contributed by atoms with Gasteiger partial charge in [0.15, 0.2) is 5.78 Å². The number of allylic oxidation sites excluding steroid dienone is 2. The van der Waals surface area contributed by atoms with E-state index in [1.165, 1.54) is 13.1 Å². The fourth-order valence-electron chi connectivity index (χ4n) is 0.486. The van der Waals surface area contributed by atoms with Crippen molar-refractivity contribution < 1.29 is 4.79 Å². The van der Waals surface area contributed by atoms with Crippen LogP contribution in [-0.4, -0.2) is 12.0 Å². The number of nitrogens with zero attached hydrogens (tertiary/aromatic N) is 1. The van der Waals surface area contributed by atoms with Gasteiger partial charge in [-0.05, 0) is 31.9 Å². The normalized spacial score (nSPS) is 13.5. The first-order valence-corrected chi connectivity index (χ1v) is 3.01. The molecule has 0 spiro atoms. The summed E-state index contributed by atoms with van der Waals surface area (Å²) in [7, 11) is 0.